The minimum Gasteiger partial charge on any atom is -0.338 e. The summed E-state index contributed by atoms with van der Waals surface area (Å²) in [6.07, 6.45) is 7.50. The third-order valence-corrected chi connectivity index (χ3v) is 3.61. The summed E-state index contributed by atoms with van der Waals surface area (Å²) in [5, 5.41) is 7.53. The predicted molar refractivity (Wildman–Crippen MR) is 74.7 cm³/mol. The molecule has 0 saturated carbocycles. The topological polar surface area (TPSA) is 50.2 Å². The van der Waals surface area contributed by atoms with Gasteiger partial charge < -0.3 is 10.2 Å². The number of rotatable bonds is 6. The Hall–Kier alpha value is -1.36. The van der Waals surface area contributed by atoms with Crippen LogP contribution >= 0.6 is 0 Å². The molecule has 1 saturated heterocycles. The molecule has 0 bridgehead atoms. The first kappa shape index (κ1) is 14.1. The summed E-state index contributed by atoms with van der Waals surface area (Å²) in [7, 11) is 0. The average Bonchev–Trinajstić information content (AvgIpc) is 2.96. The molecule has 0 aliphatic carbocycles. The highest BCUT2D eigenvalue weighted by atomic mass is 16.2. The van der Waals surface area contributed by atoms with Crippen molar-refractivity contribution in [2.45, 2.75) is 45.2 Å². The zero-order chi connectivity index (χ0) is 13.5. The second-order valence-corrected chi connectivity index (χ2v) is 5.11. The molecule has 1 amide bonds. The second kappa shape index (κ2) is 7.28. The summed E-state index contributed by atoms with van der Waals surface area (Å²) in [6.45, 7) is 5.69. The molecule has 1 aromatic heterocycles. The van der Waals surface area contributed by atoms with Gasteiger partial charge in [0.1, 0.15) is 0 Å². The predicted octanol–water partition coefficient (Wildman–Crippen LogP) is 1.26. The molecule has 1 aromatic rings. The van der Waals surface area contributed by atoms with Gasteiger partial charge in [0.2, 0.25) is 5.91 Å². The molecule has 1 unspecified atom stereocenters. The fourth-order valence-corrected chi connectivity index (χ4v) is 2.64. The normalized spacial score (nSPS) is 19.3. The average molecular weight is 264 g/mol. The summed E-state index contributed by atoms with van der Waals surface area (Å²) >= 11 is 0. The van der Waals surface area contributed by atoms with Gasteiger partial charge in [-0.3, -0.25) is 9.48 Å². The van der Waals surface area contributed by atoms with Crippen LogP contribution in [0.3, 0.4) is 0 Å². The van der Waals surface area contributed by atoms with Crippen molar-refractivity contribution in [2.24, 2.45) is 0 Å². The maximum atomic E-state index is 12.4. The summed E-state index contributed by atoms with van der Waals surface area (Å²) in [4.78, 5) is 14.4. The first-order valence-electron chi connectivity index (χ1n) is 7.29. The lowest BCUT2D eigenvalue weighted by molar-refractivity contribution is -0.134. The Kier molecular flexibility index (Phi) is 5.39. The zero-order valence-electron chi connectivity index (χ0n) is 11.7. The van der Waals surface area contributed by atoms with E-state index in [2.05, 4.69) is 22.2 Å². The minimum atomic E-state index is 0.256. The van der Waals surface area contributed by atoms with Crippen molar-refractivity contribution in [3.63, 3.8) is 0 Å². The quantitative estimate of drug-likeness (QED) is 0.841. The van der Waals surface area contributed by atoms with Crippen LogP contribution in [-0.2, 0) is 11.3 Å². The summed E-state index contributed by atoms with van der Waals surface area (Å²) in [6, 6.07) is 2.26. The molecule has 0 radical (unpaired) electrons. The molecule has 2 heterocycles. The van der Waals surface area contributed by atoms with E-state index < -0.39 is 0 Å². The molecule has 1 aliphatic heterocycles. The number of carbonyl (C=O) groups is 1. The van der Waals surface area contributed by atoms with Crippen molar-refractivity contribution >= 4 is 5.91 Å². The van der Waals surface area contributed by atoms with Gasteiger partial charge in [0.15, 0.2) is 0 Å². The number of hydrogen-bond donors (Lipinski definition) is 1. The standard InChI is InChI=1S/C14H24N4O/c1-2-9-18(13-5-3-7-15-12-13)14(19)6-11-17-10-4-8-16-17/h4,8,10,13,15H,2-3,5-7,9,11-12H2,1H3. The maximum absolute atomic E-state index is 12.4. The SMILES string of the molecule is CCCN(C(=O)CCn1cccn1)C1CCCNC1. The van der Waals surface area contributed by atoms with Crippen molar-refractivity contribution in [1.82, 2.24) is 20.0 Å². The molecular weight excluding hydrogens is 240 g/mol. The van der Waals surface area contributed by atoms with Gasteiger partial charge in [0.25, 0.3) is 0 Å². The number of carbonyl (C=O) groups excluding carboxylic acids is 1. The molecule has 5 heteroatoms. The lowest BCUT2D eigenvalue weighted by Crippen LogP contribution is -2.49. The van der Waals surface area contributed by atoms with Crippen LogP contribution in [0.25, 0.3) is 0 Å². The molecule has 0 spiro atoms. The van der Waals surface area contributed by atoms with E-state index in [-0.39, 0.29) is 5.91 Å². The molecular formula is C14H24N4O. The fraction of sp³-hybridized carbons (Fsp3) is 0.714. The zero-order valence-corrected chi connectivity index (χ0v) is 11.7. The van der Waals surface area contributed by atoms with E-state index in [9.17, 15) is 4.79 Å². The number of hydrogen-bond acceptors (Lipinski definition) is 3. The maximum Gasteiger partial charge on any atom is 0.224 e. The number of piperidine rings is 1. The number of nitrogens with zero attached hydrogens (tertiary/aromatic N) is 3. The van der Waals surface area contributed by atoms with Crippen LogP contribution in [-0.4, -0.2) is 46.3 Å². The Balaban J connectivity index is 1.87. The minimum absolute atomic E-state index is 0.256. The van der Waals surface area contributed by atoms with Crippen LogP contribution in [0.2, 0.25) is 0 Å². The summed E-state index contributed by atoms with van der Waals surface area (Å²) < 4.78 is 1.82. The smallest absolute Gasteiger partial charge is 0.224 e. The van der Waals surface area contributed by atoms with E-state index in [0.717, 1.165) is 38.9 Å². The first-order chi connectivity index (χ1) is 9.31. The first-order valence-corrected chi connectivity index (χ1v) is 7.29. The van der Waals surface area contributed by atoms with E-state index in [1.807, 2.05) is 16.9 Å². The summed E-state index contributed by atoms with van der Waals surface area (Å²) in [5.41, 5.74) is 0. The van der Waals surface area contributed by atoms with Crippen LogP contribution in [0.4, 0.5) is 0 Å². The van der Waals surface area contributed by atoms with Crippen molar-refractivity contribution in [3.8, 4) is 0 Å². The Labute approximate surface area is 115 Å². The van der Waals surface area contributed by atoms with Gasteiger partial charge in [-0.15, -0.1) is 0 Å². The molecule has 1 fully saturated rings. The lowest BCUT2D eigenvalue weighted by Gasteiger charge is -2.34. The third kappa shape index (κ3) is 4.06. The largest absolute Gasteiger partial charge is 0.338 e. The van der Waals surface area contributed by atoms with Crippen LogP contribution in [0, 0.1) is 0 Å². The van der Waals surface area contributed by atoms with Gasteiger partial charge in [-0.05, 0) is 31.9 Å². The Bertz CT molecular complexity index is 371. The van der Waals surface area contributed by atoms with E-state index in [1.54, 1.807) is 6.20 Å². The highest BCUT2D eigenvalue weighted by molar-refractivity contribution is 5.76. The molecule has 106 valence electrons. The highest BCUT2D eigenvalue weighted by Gasteiger charge is 2.24. The molecule has 5 nitrogen and oxygen atoms in total. The number of amides is 1. The van der Waals surface area contributed by atoms with E-state index >= 15 is 0 Å². The highest BCUT2D eigenvalue weighted by Crippen LogP contribution is 2.12. The van der Waals surface area contributed by atoms with Gasteiger partial charge >= 0.3 is 0 Å². The molecule has 1 N–H and O–H groups in total. The van der Waals surface area contributed by atoms with Crippen LogP contribution < -0.4 is 5.32 Å². The van der Waals surface area contributed by atoms with Crippen LogP contribution in [0.1, 0.15) is 32.6 Å². The van der Waals surface area contributed by atoms with Gasteiger partial charge in [-0.2, -0.15) is 5.10 Å². The Morgan fingerprint density at radius 1 is 1.58 bits per heavy atom. The number of aromatic nitrogens is 2. The Morgan fingerprint density at radius 2 is 2.47 bits per heavy atom. The van der Waals surface area contributed by atoms with Gasteiger partial charge in [-0.1, -0.05) is 6.92 Å². The van der Waals surface area contributed by atoms with Gasteiger partial charge in [-0.25, -0.2) is 0 Å². The lowest BCUT2D eigenvalue weighted by atomic mass is 10.1. The fourth-order valence-electron chi connectivity index (χ4n) is 2.64. The van der Waals surface area contributed by atoms with Crippen molar-refractivity contribution in [2.75, 3.05) is 19.6 Å². The molecule has 1 atom stereocenters. The van der Waals surface area contributed by atoms with Crippen LogP contribution in [0.5, 0.6) is 0 Å². The van der Waals surface area contributed by atoms with E-state index in [0.29, 0.717) is 19.0 Å². The summed E-state index contributed by atoms with van der Waals surface area (Å²) in [5.74, 6) is 0.256. The van der Waals surface area contributed by atoms with Crippen molar-refractivity contribution < 1.29 is 4.79 Å². The van der Waals surface area contributed by atoms with Crippen molar-refractivity contribution in [3.05, 3.63) is 18.5 Å². The molecule has 19 heavy (non-hydrogen) atoms. The number of nitrogens with one attached hydrogen (secondary N) is 1. The monoisotopic (exact) mass is 264 g/mol. The molecule has 2 rings (SSSR count). The third-order valence-electron chi connectivity index (χ3n) is 3.61. The molecule has 1 aliphatic rings. The molecule has 0 aromatic carbocycles. The van der Waals surface area contributed by atoms with Gasteiger partial charge in [0, 0.05) is 44.5 Å². The van der Waals surface area contributed by atoms with Gasteiger partial charge in [0.05, 0.1) is 0 Å². The Morgan fingerprint density at radius 3 is 3.11 bits per heavy atom. The second-order valence-electron chi connectivity index (χ2n) is 5.11. The number of aryl methyl sites for hydroxylation is 1. The van der Waals surface area contributed by atoms with E-state index in [4.69, 9.17) is 0 Å². The van der Waals surface area contributed by atoms with Crippen LogP contribution in [0.15, 0.2) is 18.5 Å². The van der Waals surface area contributed by atoms with E-state index in [1.165, 1.54) is 0 Å². The van der Waals surface area contributed by atoms with Crippen molar-refractivity contribution in [1.29, 1.82) is 0 Å².